The van der Waals surface area contributed by atoms with Gasteiger partial charge in [0.1, 0.15) is 0 Å². The maximum atomic E-state index is 13.4. The van der Waals surface area contributed by atoms with Crippen LogP contribution in [0.3, 0.4) is 0 Å². The van der Waals surface area contributed by atoms with E-state index in [1.54, 1.807) is 24.7 Å². The second-order valence-electron chi connectivity index (χ2n) is 8.21. The number of fused-ring (bicyclic) bond motifs is 1. The first kappa shape index (κ1) is 19.6. The Kier molecular flexibility index (Phi) is 5.67. The molecule has 0 unspecified atom stereocenters. The molecule has 2 N–H and O–H groups in total. The van der Waals surface area contributed by atoms with Crippen molar-refractivity contribution in [2.45, 2.75) is 31.7 Å². The highest BCUT2D eigenvalue weighted by Gasteiger charge is 2.53. The van der Waals surface area contributed by atoms with Crippen LogP contribution in [0.25, 0.3) is 0 Å². The predicted octanol–water partition coefficient (Wildman–Crippen LogP) is 1.70. The van der Waals surface area contributed by atoms with E-state index < -0.39 is 5.41 Å². The molecule has 0 radical (unpaired) electrons. The molecule has 2 aliphatic heterocycles. The van der Waals surface area contributed by atoms with Gasteiger partial charge in [0.05, 0.1) is 17.0 Å². The van der Waals surface area contributed by atoms with Crippen molar-refractivity contribution in [1.82, 2.24) is 25.1 Å². The van der Waals surface area contributed by atoms with Gasteiger partial charge < -0.3 is 20.1 Å². The summed E-state index contributed by atoms with van der Waals surface area (Å²) in [5.74, 6) is 0.0926. The average molecular weight is 396 g/mol. The standard InChI is InChI=1S/C22H29N5O2/c1-26-14-9-22(21(29)25-12-7-18-5-2-3-10-24-18)8-4-13-27(19(22)16-26)20(28)17-6-11-23-15-17/h2-3,5-6,10-11,15,19,23H,4,7-9,12-14,16H2,1H3,(H,25,29)/t19-,22+/m0/s1. The Labute approximate surface area is 171 Å². The number of nitrogens with one attached hydrogen (secondary N) is 2. The molecule has 2 aliphatic rings. The van der Waals surface area contributed by atoms with Gasteiger partial charge >= 0.3 is 0 Å². The lowest BCUT2D eigenvalue weighted by Crippen LogP contribution is -2.66. The Morgan fingerprint density at radius 2 is 2.17 bits per heavy atom. The smallest absolute Gasteiger partial charge is 0.255 e. The summed E-state index contributed by atoms with van der Waals surface area (Å²) in [6.45, 7) is 2.86. The fourth-order valence-electron chi connectivity index (χ4n) is 4.80. The summed E-state index contributed by atoms with van der Waals surface area (Å²) >= 11 is 0. The number of aromatic nitrogens is 2. The number of amides is 2. The van der Waals surface area contributed by atoms with Crippen LogP contribution in [0.15, 0.2) is 42.9 Å². The van der Waals surface area contributed by atoms with Gasteiger partial charge in [0, 0.05) is 50.3 Å². The fraction of sp³-hybridized carbons (Fsp3) is 0.500. The summed E-state index contributed by atoms with van der Waals surface area (Å²) in [5, 5.41) is 3.16. The van der Waals surface area contributed by atoms with Crippen molar-refractivity contribution in [1.29, 1.82) is 0 Å². The zero-order valence-corrected chi connectivity index (χ0v) is 16.9. The highest BCUT2D eigenvalue weighted by molar-refractivity contribution is 5.95. The van der Waals surface area contributed by atoms with Crippen molar-refractivity contribution < 1.29 is 9.59 Å². The lowest BCUT2D eigenvalue weighted by molar-refractivity contribution is -0.142. The van der Waals surface area contributed by atoms with Crippen LogP contribution in [0.2, 0.25) is 0 Å². The summed E-state index contributed by atoms with van der Waals surface area (Å²) in [6, 6.07) is 7.52. The summed E-state index contributed by atoms with van der Waals surface area (Å²) in [5.41, 5.74) is 1.11. The van der Waals surface area contributed by atoms with E-state index in [2.05, 4.69) is 27.2 Å². The Hall–Kier alpha value is -2.67. The van der Waals surface area contributed by atoms with Gasteiger partial charge in [-0.1, -0.05) is 6.07 Å². The van der Waals surface area contributed by atoms with Gasteiger partial charge in [-0.2, -0.15) is 0 Å². The SMILES string of the molecule is CN1CC[C@]2(C(=O)NCCc3ccccn3)CCCN(C(=O)c3cc[nH]c3)[C@H]2C1. The normalized spacial score (nSPS) is 24.7. The minimum absolute atomic E-state index is 0.0110. The van der Waals surface area contributed by atoms with Crippen LogP contribution < -0.4 is 5.32 Å². The third-order valence-electron chi connectivity index (χ3n) is 6.41. The highest BCUT2D eigenvalue weighted by Crippen LogP contribution is 2.43. The van der Waals surface area contributed by atoms with Crippen molar-refractivity contribution >= 4 is 11.8 Å². The van der Waals surface area contributed by atoms with Gasteiger partial charge in [0.15, 0.2) is 0 Å². The summed E-state index contributed by atoms with van der Waals surface area (Å²) < 4.78 is 0. The van der Waals surface area contributed by atoms with E-state index >= 15 is 0 Å². The van der Waals surface area contributed by atoms with Gasteiger partial charge in [-0.15, -0.1) is 0 Å². The molecule has 29 heavy (non-hydrogen) atoms. The lowest BCUT2D eigenvalue weighted by atomic mass is 9.67. The molecule has 0 aromatic carbocycles. The van der Waals surface area contributed by atoms with Crippen molar-refractivity contribution in [3.8, 4) is 0 Å². The minimum atomic E-state index is -0.513. The third-order valence-corrected chi connectivity index (χ3v) is 6.41. The Bertz CT molecular complexity index is 838. The maximum Gasteiger partial charge on any atom is 0.255 e. The molecule has 2 fully saturated rings. The first-order chi connectivity index (χ1) is 14.1. The molecular formula is C22H29N5O2. The number of carbonyl (C=O) groups excluding carboxylic acids is 2. The van der Waals surface area contributed by atoms with Crippen molar-refractivity contribution in [2.75, 3.05) is 33.2 Å². The third kappa shape index (κ3) is 3.92. The molecule has 2 saturated heterocycles. The van der Waals surface area contributed by atoms with E-state index in [4.69, 9.17) is 0 Å². The topological polar surface area (TPSA) is 81.3 Å². The first-order valence-electron chi connectivity index (χ1n) is 10.4. The molecule has 2 aromatic heterocycles. The first-order valence-corrected chi connectivity index (χ1v) is 10.4. The van der Waals surface area contributed by atoms with E-state index in [0.717, 1.165) is 38.0 Å². The molecule has 154 valence electrons. The molecule has 0 bridgehead atoms. The van der Waals surface area contributed by atoms with Gasteiger partial charge in [-0.25, -0.2) is 0 Å². The summed E-state index contributed by atoms with van der Waals surface area (Å²) in [6.07, 6.45) is 8.44. The molecule has 0 saturated carbocycles. The summed E-state index contributed by atoms with van der Waals surface area (Å²) in [4.78, 5) is 38.0. The molecule has 0 spiro atoms. The van der Waals surface area contributed by atoms with Crippen LogP contribution >= 0.6 is 0 Å². The van der Waals surface area contributed by atoms with Crippen molar-refractivity contribution in [2.24, 2.45) is 5.41 Å². The quantitative estimate of drug-likeness (QED) is 0.807. The molecule has 4 rings (SSSR count). The van der Waals surface area contributed by atoms with Gasteiger partial charge in [-0.3, -0.25) is 14.6 Å². The Morgan fingerprint density at radius 1 is 1.28 bits per heavy atom. The van der Waals surface area contributed by atoms with Crippen LogP contribution in [0.5, 0.6) is 0 Å². The molecular weight excluding hydrogens is 366 g/mol. The van der Waals surface area contributed by atoms with Gasteiger partial charge in [-0.05, 0) is 51.1 Å². The zero-order valence-electron chi connectivity index (χ0n) is 16.9. The molecule has 7 heteroatoms. The van der Waals surface area contributed by atoms with E-state index in [9.17, 15) is 9.59 Å². The van der Waals surface area contributed by atoms with Crippen molar-refractivity contribution in [3.05, 3.63) is 54.1 Å². The highest BCUT2D eigenvalue weighted by atomic mass is 16.2. The molecule has 4 heterocycles. The van der Waals surface area contributed by atoms with Crippen LogP contribution in [0.4, 0.5) is 0 Å². The number of likely N-dealkylation sites (tertiary alicyclic amines) is 2. The van der Waals surface area contributed by atoms with Gasteiger partial charge in [0.25, 0.3) is 5.91 Å². The fourth-order valence-corrected chi connectivity index (χ4v) is 4.80. The average Bonchev–Trinajstić information content (AvgIpc) is 3.28. The van der Waals surface area contributed by atoms with Crippen LogP contribution in [0.1, 0.15) is 35.3 Å². The maximum absolute atomic E-state index is 13.4. The number of piperidine rings is 2. The number of aromatic amines is 1. The second kappa shape index (κ2) is 8.37. The predicted molar refractivity (Wildman–Crippen MR) is 110 cm³/mol. The van der Waals surface area contributed by atoms with E-state index in [1.807, 2.05) is 23.1 Å². The largest absolute Gasteiger partial charge is 0.367 e. The molecule has 2 amide bonds. The number of H-pyrrole nitrogens is 1. The second-order valence-corrected chi connectivity index (χ2v) is 8.21. The molecule has 2 aromatic rings. The van der Waals surface area contributed by atoms with E-state index in [-0.39, 0.29) is 17.9 Å². The molecule has 2 atom stereocenters. The van der Waals surface area contributed by atoms with E-state index in [1.165, 1.54) is 0 Å². The number of rotatable bonds is 5. The van der Waals surface area contributed by atoms with Gasteiger partial charge in [0.2, 0.25) is 5.91 Å². The number of carbonyl (C=O) groups is 2. The van der Waals surface area contributed by atoms with Crippen LogP contribution in [-0.2, 0) is 11.2 Å². The zero-order chi connectivity index (χ0) is 20.3. The van der Waals surface area contributed by atoms with Crippen LogP contribution in [-0.4, -0.2) is 70.9 Å². The number of likely N-dealkylation sites (N-methyl/N-ethyl adjacent to an activating group) is 1. The Balaban J connectivity index is 1.50. The number of pyridine rings is 1. The van der Waals surface area contributed by atoms with Crippen LogP contribution in [0, 0.1) is 5.41 Å². The Morgan fingerprint density at radius 3 is 2.93 bits per heavy atom. The number of hydrogen-bond donors (Lipinski definition) is 2. The lowest BCUT2D eigenvalue weighted by Gasteiger charge is -2.53. The van der Waals surface area contributed by atoms with Crippen molar-refractivity contribution in [3.63, 3.8) is 0 Å². The minimum Gasteiger partial charge on any atom is -0.367 e. The monoisotopic (exact) mass is 395 g/mol. The summed E-state index contributed by atoms with van der Waals surface area (Å²) in [7, 11) is 2.07. The molecule has 0 aliphatic carbocycles. The number of nitrogens with zero attached hydrogens (tertiary/aromatic N) is 3. The van der Waals surface area contributed by atoms with E-state index in [0.29, 0.717) is 25.1 Å². The molecule has 7 nitrogen and oxygen atoms in total. The number of hydrogen-bond acceptors (Lipinski definition) is 4.